The van der Waals surface area contributed by atoms with Crippen LogP contribution in [0.15, 0.2) is 47.6 Å². The second-order valence-corrected chi connectivity index (χ2v) is 6.41. The first kappa shape index (κ1) is 19.2. The topological polar surface area (TPSA) is 78.8 Å². The Hall–Kier alpha value is -2.08. The normalized spacial score (nSPS) is 12.6. The van der Waals surface area contributed by atoms with Crippen LogP contribution in [0, 0.1) is 5.92 Å². The van der Waals surface area contributed by atoms with E-state index in [2.05, 4.69) is 10.5 Å². The van der Waals surface area contributed by atoms with Crippen molar-refractivity contribution in [1.29, 1.82) is 0 Å². The van der Waals surface area contributed by atoms with E-state index in [0.717, 1.165) is 0 Å². The molecule has 2 rings (SSSR count). The number of hydrazone groups is 1. The van der Waals surface area contributed by atoms with Crippen molar-refractivity contribution in [2.45, 2.75) is 6.92 Å². The molecule has 2 N–H and O–H groups in total. The van der Waals surface area contributed by atoms with Gasteiger partial charge in [0.2, 0.25) is 0 Å². The SMILES string of the molecule is CC(C(=O)c1ccc(Cl)cc1)C(=NNc1ccc(Cl)cc1Cl)C(=O)O. The second-order valence-electron chi connectivity index (χ2n) is 5.13. The Morgan fingerprint density at radius 1 is 1.04 bits per heavy atom. The number of aliphatic carboxylic acids is 1. The predicted molar refractivity (Wildman–Crippen MR) is 100 cm³/mol. The number of carbonyl (C=O) groups excluding carboxylic acids is 1. The van der Waals surface area contributed by atoms with Gasteiger partial charge in [-0.05, 0) is 49.4 Å². The number of Topliss-reactive ketones (excluding diaryl/α,β-unsaturated/α-hetero) is 1. The fourth-order valence-corrected chi connectivity index (χ4v) is 2.60. The van der Waals surface area contributed by atoms with Crippen molar-refractivity contribution in [2.24, 2.45) is 11.0 Å². The predicted octanol–water partition coefficient (Wildman–Crippen LogP) is 5.02. The molecule has 0 saturated heterocycles. The number of carboxylic acid groups (broad SMARTS) is 1. The van der Waals surface area contributed by atoms with E-state index in [1.54, 1.807) is 24.3 Å². The molecule has 130 valence electrons. The van der Waals surface area contributed by atoms with Crippen LogP contribution in [0.4, 0.5) is 5.69 Å². The van der Waals surface area contributed by atoms with Crippen molar-refractivity contribution < 1.29 is 14.7 Å². The van der Waals surface area contributed by atoms with E-state index in [1.165, 1.54) is 25.1 Å². The molecule has 0 amide bonds. The third-order valence-electron chi connectivity index (χ3n) is 3.38. The molecule has 0 fully saturated rings. The second kappa shape index (κ2) is 8.34. The number of anilines is 1. The lowest BCUT2D eigenvalue weighted by molar-refractivity contribution is -0.129. The molecule has 0 heterocycles. The van der Waals surface area contributed by atoms with Gasteiger partial charge in [-0.25, -0.2) is 4.79 Å². The number of nitrogens with one attached hydrogen (secondary N) is 1. The van der Waals surface area contributed by atoms with Crippen LogP contribution in [0.5, 0.6) is 0 Å². The molecule has 1 atom stereocenters. The molecule has 0 aliphatic rings. The summed E-state index contributed by atoms with van der Waals surface area (Å²) in [6.07, 6.45) is 0. The minimum absolute atomic E-state index is 0.276. The van der Waals surface area contributed by atoms with Gasteiger partial charge in [0.15, 0.2) is 11.5 Å². The lowest BCUT2D eigenvalue weighted by Gasteiger charge is -2.12. The smallest absolute Gasteiger partial charge is 0.352 e. The van der Waals surface area contributed by atoms with Gasteiger partial charge in [0, 0.05) is 15.6 Å². The summed E-state index contributed by atoms with van der Waals surface area (Å²) in [7, 11) is 0. The quantitative estimate of drug-likeness (QED) is 0.406. The third kappa shape index (κ3) is 4.95. The van der Waals surface area contributed by atoms with Crippen LogP contribution < -0.4 is 5.43 Å². The van der Waals surface area contributed by atoms with E-state index < -0.39 is 11.9 Å². The number of ketones is 1. The molecule has 8 heteroatoms. The maximum absolute atomic E-state index is 12.5. The molecule has 1 unspecified atom stereocenters. The molecule has 2 aromatic carbocycles. The fourth-order valence-electron chi connectivity index (χ4n) is 2.02. The maximum atomic E-state index is 12.5. The number of benzene rings is 2. The van der Waals surface area contributed by atoms with Gasteiger partial charge < -0.3 is 5.11 Å². The highest BCUT2D eigenvalue weighted by molar-refractivity contribution is 6.41. The standard InChI is InChI=1S/C17H13Cl3N2O3/c1-9(16(23)10-2-4-11(18)5-3-10)15(17(24)25)22-21-14-7-6-12(19)8-13(14)20/h2-9,21H,1H3,(H,24,25). The van der Waals surface area contributed by atoms with Crippen molar-refractivity contribution in [2.75, 3.05) is 5.43 Å². The van der Waals surface area contributed by atoms with Gasteiger partial charge in [-0.2, -0.15) is 5.10 Å². The molecule has 0 saturated carbocycles. The summed E-state index contributed by atoms with van der Waals surface area (Å²) in [5.41, 5.74) is 2.93. The lowest BCUT2D eigenvalue weighted by Crippen LogP contribution is -2.29. The zero-order valence-corrected chi connectivity index (χ0v) is 15.2. The summed E-state index contributed by atoms with van der Waals surface area (Å²) >= 11 is 17.6. The van der Waals surface area contributed by atoms with Gasteiger partial charge in [-0.3, -0.25) is 10.2 Å². The van der Waals surface area contributed by atoms with Crippen LogP contribution in [0.3, 0.4) is 0 Å². The Balaban J connectivity index is 2.25. The molecule has 5 nitrogen and oxygen atoms in total. The highest BCUT2D eigenvalue weighted by Gasteiger charge is 2.26. The maximum Gasteiger partial charge on any atom is 0.352 e. The van der Waals surface area contributed by atoms with Crippen molar-refractivity contribution in [3.63, 3.8) is 0 Å². The average molecular weight is 400 g/mol. The first-order chi connectivity index (χ1) is 11.8. The Labute approximate surface area is 159 Å². The van der Waals surface area contributed by atoms with E-state index in [1.807, 2.05) is 0 Å². The van der Waals surface area contributed by atoms with Gasteiger partial charge in [-0.1, -0.05) is 34.8 Å². The van der Waals surface area contributed by atoms with Crippen LogP contribution in [-0.2, 0) is 4.79 Å². The van der Waals surface area contributed by atoms with Gasteiger partial charge in [0.1, 0.15) is 0 Å². The highest BCUT2D eigenvalue weighted by Crippen LogP contribution is 2.25. The first-order valence-corrected chi connectivity index (χ1v) is 8.24. The molecular formula is C17H13Cl3N2O3. The zero-order valence-electron chi connectivity index (χ0n) is 13.0. The first-order valence-electron chi connectivity index (χ1n) is 7.11. The van der Waals surface area contributed by atoms with Crippen molar-refractivity contribution >= 4 is 58.0 Å². The lowest BCUT2D eigenvalue weighted by atomic mass is 9.95. The monoisotopic (exact) mass is 398 g/mol. The molecule has 2 aromatic rings. The molecule has 0 spiro atoms. The zero-order chi connectivity index (χ0) is 18.6. The Morgan fingerprint density at radius 3 is 2.20 bits per heavy atom. The number of halogens is 3. The fraction of sp³-hybridized carbons (Fsp3) is 0.118. The molecule has 0 bridgehead atoms. The molecule has 0 aromatic heterocycles. The Bertz CT molecular complexity index is 836. The molecular weight excluding hydrogens is 387 g/mol. The summed E-state index contributed by atoms with van der Waals surface area (Å²) in [5, 5.41) is 14.4. The highest BCUT2D eigenvalue weighted by atomic mass is 35.5. The van der Waals surface area contributed by atoms with E-state index in [0.29, 0.717) is 21.3 Å². The van der Waals surface area contributed by atoms with Crippen molar-refractivity contribution in [1.82, 2.24) is 0 Å². The van der Waals surface area contributed by atoms with Gasteiger partial charge in [0.05, 0.1) is 16.6 Å². The summed E-state index contributed by atoms with van der Waals surface area (Å²) in [6.45, 7) is 1.47. The molecule has 0 aliphatic heterocycles. The molecule has 0 radical (unpaired) electrons. The number of hydrogen-bond acceptors (Lipinski definition) is 4. The minimum atomic E-state index is -1.31. The average Bonchev–Trinajstić information content (AvgIpc) is 2.56. The summed E-state index contributed by atoms with van der Waals surface area (Å²) in [6, 6.07) is 10.8. The van der Waals surface area contributed by atoms with E-state index >= 15 is 0 Å². The van der Waals surface area contributed by atoms with Crippen LogP contribution in [0.2, 0.25) is 15.1 Å². The van der Waals surface area contributed by atoms with Crippen LogP contribution in [-0.4, -0.2) is 22.6 Å². The molecule has 25 heavy (non-hydrogen) atoms. The third-order valence-corrected chi connectivity index (χ3v) is 4.18. The van der Waals surface area contributed by atoms with Gasteiger partial charge >= 0.3 is 5.97 Å². The number of hydrogen-bond donors (Lipinski definition) is 2. The summed E-state index contributed by atoms with van der Waals surface area (Å²) in [5.74, 6) is -2.67. The Morgan fingerprint density at radius 2 is 1.64 bits per heavy atom. The van der Waals surface area contributed by atoms with Gasteiger partial charge in [0.25, 0.3) is 0 Å². The van der Waals surface area contributed by atoms with E-state index in [4.69, 9.17) is 34.8 Å². The van der Waals surface area contributed by atoms with Crippen molar-refractivity contribution in [3.8, 4) is 0 Å². The number of rotatable bonds is 6. The van der Waals surface area contributed by atoms with E-state index in [9.17, 15) is 14.7 Å². The minimum Gasteiger partial charge on any atom is -0.477 e. The number of carboxylic acids is 1. The van der Waals surface area contributed by atoms with Crippen molar-refractivity contribution in [3.05, 3.63) is 63.1 Å². The van der Waals surface area contributed by atoms with Crippen LogP contribution >= 0.6 is 34.8 Å². The summed E-state index contributed by atoms with van der Waals surface area (Å²) < 4.78 is 0. The van der Waals surface area contributed by atoms with E-state index in [-0.39, 0.29) is 16.5 Å². The van der Waals surface area contributed by atoms with Crippen LogP contribution in [0.1, 0.15) is 17.3 Å². The number of nitrogens with zero attached hydrogens (tertiary/aromatic N) is 1. The van der Waals surface area contributed by atoms with Crippen LogP contribution in [0.25, 0.3) is 0 Å². The van der Waals surface area contributed by atoms with Gasteiger partial charge in [-0.15, -0.1) is 0 Å². The largest absolute Gasteiger partial charge is 0.477 e. The molecule has 0 aliphatic carbocycles. The Kier molecular flexibility index (Phi) is 6.42. The summed E-state index contributed by atoms with van der Waals surface area (Å²) in [4.78, 5) is 24.0. The number of carbonyl (C=O) groups is 2.